The van der Waals surface area contributed by atoms with Gasteiger partial charge in [0.1, 0.15) is 4.90 Å². The van der Waals surface area contributed by atoms with Crippen molar-refractivity contribution in [3.05, 3.63) is 80.4 Å². The van der Waals surface area contributed by atoms with E-state index in [9.17, 15) is 8.42 Å². The summed E-state index contributed by atoms with van der Waals surface area (Å²) in [7, 11) is -4.13. The highest BCUT2D eigenvalue weighted by Crippen LogP contribution is 2.22. The molecule has 2 aromatic carbocycles. The summed E-state index contributed by atoms with van der Waals surface area (Å²) in [5.41, 5.74) is 0.993. The second-order valence-corrected chi connectivity index (χ2v) is 6.37. The van der Waals surface area contributed by atoms with Gasteiger partial charge >= 0.3 is 0 Å². The molecule has 1 heterocycles. The number of fused-ring (bicyclic) bond motifs is 1. The van der Waals surface area contributed by atoms with E-state index < -0.39 is 10.1 Å². The van der Waals surface area contributed by atoms with Gasteiger partial charge in [0.15, 0.2) is 0 Å². The molecule has 124 valence electrons. The first-order valence-corrected chi connectivity index (χ1v) is 8.59. The first-order chi connectivity index (χ1) is 11.4. The summed E-state index contributed by atoms with van der Waals surface area (Å²) in [4.78, 5) is 3.85. The van der Waals surface area contributed by atoms with Crippen molar-refractivity contribution >= 4 is 26.6 Å². The lowest BCUT2D eigenvalue weighted by atomic mass is 10.1. The van der Waals surface area contributed by atoms with Crippen LogP contribution < -0.4 is 0 Å². The first-order valence-electron chi connectivity index (χ1n) is 7.15. The van der Waals surface area contributed by atoms with Crippen molar-refractivity contribution in [3.8, 4) is 0 Å². The van der Waals surface area contributed by atoms with Crippen molar-refractivity contribution in [3.63, 3.8) is 0 Å². The zero-order valence-electron chi connectivity index (χ0n) is 13.0. The van der Waals surface area contributed by atoms with Crippen molar-refractivity contribution in [2.45, 2.75) is 11.3 Å². The van der Waals surface area contributed by atoms with Crippen molar-refractivity contribution < 1.29 is 13.0 Å². The molecule has 0 aliphatic heterocycles. The van der Waals surface area contributed by atoms with Gasteiger partial charge in [-0.25, -0.2) is 4.98 Å². The third kappa shape index (κ3) is 4.41. The van der Waals surface area contributed by atoms with E-state index in [1.165, 1.54) is 6.07 Å². The largest absolute Gasteiger partial charge is 0.310 e. The summed E-state index contributed by atoms with van der Waals surface area (Å²) in [6.45, 7) is 7.45. The van der Waals surface area contributed by atoms with E-state index in [0.29, 0.717) is 5.39 Å². The molecule has 0 bridgehead atoms. The molecule has 3 rings (SSSR count). The van der Waals surface area contributed by atoms with Gasteiger partial charge in [0.25, 0.3) is 10.1 Å². The molecule has 0 amide bonds. The number of hydrogen-bond acceptors (Lipinski definition) is 3. The standard InChI is InChI=1S/C10H8O3S.C8H10N2/c11-14(12,13)10-7-3-5-8-4-1-2-6-9(8)10;1-3-4-8(2)10-6-5-9-7-10/h1-7H,(H,11,12,13);3,5-7H,1-2,4H2. The highest BCUT2D eigenvalue weighted by Gasteiger charge is 2.12. The average Bonchev–Trinajstić information content (AvgIpc) is 3.09. The molecule has 0 aliphatic rings. The third-order valence-electron chi connectivity index (χ3n) is 3.28. The molecule has 0 spiro atoms. The molecular weight excluding hydrogens is 324 g/mol. The quantitative estimate of drug-likeness (QED) is 0.574. The topological polar surface area (TPSA) is 72.2 Å². The van der Waals surface area contributed by atoms with E-state index in [1.807, 2.05) is 22.9 Å². The number of aromatic nitrogens is 2. The monoisotopic (exact) mass is 342 g/mol. The Bertz CT molecular complexity index is 940. The number of rotatable bonds is 4. The predicted octanol–water partition coefficient (Wildman–Crippen LogP) is 4.02. The molecule has 3 aromatic rings. The van der Waals surface area contributed by atoms with E-state index in [1.54, 1.807) is 42.9 Å². The molecule has 0 radical (unpaired) electrons. The van der Waals surface area contributed by atoms with Crippen molar-refractivity contribution in [1.29, 1.82) is 0 Å². The van der Waals surface area contributed by atoms with Crippen LogP contribution in [0.15, 0.2) is 85.3 Å². The van der Waals surface area contributed by atoms with Gasteiger partial charge in [-0.15, -0.1) is 6.58 Å². The molecule has 5 nitrogen and oxygen atoms in total. The predicted molar refractivity (Wildman–Crippen MR) is 96.1 cm³/mol. The van der Waals surface area contributed by atoms with E-state index in [2.05, 4.69) is 18.1 Å². The molecule has 0 atom stereocenters. The van der Waals surface area contributed by atoms with Gasteiger partial charge in [0, 0.05) is 29.9 Å². The Labute approximate surface area is 141 Å². The van der Waals surface area contributed by atoms with Gasteiger partial charge in [-0.3, -0.25) is 4.55 Å². The first kappa shape index (κ1) is 17.7. The van der Waals surface area contributed by atoms with Crippen molar-refractivity contribution in [2.75, 3.05) is 0 Å². The lowest BCUT2D eigenvalue weighted by molar-refractivity contribution is 0.484. The van der Waals surface area contributed by atoms with E-state index >= 15 is 0 Å². The van der Waals surface area contributed by atoms with Crippen LogP contribution in [0.4, 0.5) is 0 Å². The minimum atomic E-state index is -4.13. The Balaban J connectivity index is 0.000000185. The molecule has 1 aromatic heterocycles. The van der Waals surface area contributed by atoms with Crippen LogP contribution in [0.25, 0.3) is 16.5 Å². The van der Waals surface area contributed by atoms with Gasteiger partial charge in [-0.1, -0.05) is 49.1 Å². The molecule has 0 saturated carbocycles. The maximum atomic E-state index is 11.0. The molecule has 1 N–H and O–H groups in total. The van der Waals surface area contributed by atoms with Crippen LogP contribution in [0.3, 0.4) is 0 Å². The zero-order chi connectivity index (χ0) is 17.6. The Kier molecular flexibility index (Phi) is 5.68. The van der Waals surface area contributed by atoms with Crippen LogP contribution in [-0.2, 0) is 10.1 Å². The van der Waals surface area contributed by atoms with Gasteiger partial charge in [0.2, 0.25) is 0 Å². The van der Waals surface area contributed by atoms with Gasteiger partial charge < -0.3 is 4.57 Å². The molecule has 24 heavy (non-hydrogen) atoms. The molecule has 0 aliphatic carbocycles. The average molecular weight is 342 g/mol. The van der Waals surface area contributed by atoms with Crippen LogP contribution in [0.1, 0.15) is 6.42 Å². The number of allylic oxidation sites excluding steroid dienone is 2. The fourth-order valence-corrected chi connectivity index (χ4v) is 2.85. The summed E-state index contributed by atoms with van der Waals surface area (Å²) in [5.74, 6) is 0. The molecule has 0 saturated heterocycles. The Morgan fingerprint density at radius 2 is 1.92 bits per heavy atom. The van der Waals surface area contributed by atoms with E-state index in [4.69, 9.17) is 4.55 Å². The second kappa shape index (κ2) is 7.72. The van der Waals surface area contributed by atoms with Gasteiger partial charge in [0.05, 0.1) is 6.33 Å². The summed E-state index contributed by atoms with van der Waals surface area (Å²) in [6, 6.07) is 11.8. The number of imidazole rings is 1. The molecule has 6 heteroatoms. The molecule has 0 fully saturated rings. The Morgan fingerprint density at radius 1 is 1.21 bits per heavy atom. The highest BCUT2D eigenvalue weighted by molar-refractivity contribution is 7.86. The maximum absolute atomic E-state index is 11.0. The fraction of sp³-hybridized carbons (Fsp3) is 0.0556. The summed E-state index contributed by atoms with van der Waals surface area (Å²) < 4.78 is 32.8. The highest BCUT2D eigenvalue weighted by atomic mass is 32.2. The summed E-state index contributed by atoms with van der Waals surface area (Å²) in [6.07, 6.45) is 7.95. The fourth-order valence-electron chi connectivity index (χ4n) is 2.14. The van der Waals surface area contributed by atoms with Gasteiger partial charge in [-0.2, -0.15) is 8.42 Å². The van der Waals surface area contributed by atoms with E-state index in [-0.39, 0.29) is 4.90 Å². The second-order valence-electron chi connectivity index (χ2n) is 4.98. The van der Waals surface area contributed by atoms with Crippen LogP contribution in [0.2, 0.25) is 0 Å². The SMILES string of the molecule is C=CCC(=C)n1ccnc1.O=S(=O)(O)c1cccc2ccccc12. The van der Waals surface area contributed by atoms with Crippen LogP contribution in [-0.4, -0.2) is 22.5 Å². The normalized spacial score (nSPS) is 10.7. The summed E-state index contributed by atoms with van der Waals surface area (Å²) >= 11 is 0. The molecular formula is C18H18N2O3S. The lowest BCUT2D eigenvalue weighted by Gasteiger charge is -2.02. The minimum Gasteiger partial charge on any atom is -0.310 e. The number of nitrogens with zero attached hydrogens (tertiary/aromatic N) is 2. The lowest BCUT2D eigenvalue weighted by Crippen LogP contribution is -1.98. The van der Waals surface area contributed by atoms with Crippen molar-refractivity contribution in [1.82, 2.24) is 9.55 Å². The van der Waals surface area contributed by atoms with Crippen molar-refractivity contribution in [2.24, 2.45) is 0 Å². The van der Waals surface area contributed by atoms with Crippen LogP contribution >= 0.6 is 0 Å². The van der Waals surface area contributed by atoms with Crippen LogP contribution in [0.5, 0.6) is 0 Å². The number of benzene rings is 2. The van der Waals surface area contributed by atoms with E-state index in [0.717, 1.165) is 17.5 Å². The third-order valence-corrected chi connectivity index (χ3v) is 4.19. The summed E-state index contributed by atoms with van der Waals surface area (Å²) in [5, 5.41) is 1.33. The van der Waals surface area contributed by atoms with Gasteiger partial charge in [-0.05, 0) is 11.5 Å². The smallest absolute Gasteiger partial charge is 0.295 e. The Hall–Kier alpha value is -2.70. The minimum absolute atomic E-state index is 0.0457. The maximum Gasteiger partial charge on any atom is 0.295 e. The van der Waals surface area contributed by atoms with Crippen LogP contribution in [0, 0.1) is 0 Å². The Morgan fingerprint density at radius 3 is 2.54 bits per heavy atom. The molecule has 0 unspecified atom stereocenters. The number of hydrogen-bond donors (Lipinski definition) is 1. The zero-order valence-corrected chi connectivity index (χ0v) is 13.9.